The van der Waals surface area contributed by atoms with Gasteiger partial charge in [0.25, 0.3) is 5.91 Å². The lowest BCUT2D eigenvalue weighted by Crippen LogP contribution is -2.15. The Kier molecular flexibility index (Phi) is 2.66. The van der Waals surface area contributed by atoms with Crippen molar-refractivity contribution < 1.29 is 18.0 Å². The quantitative estimate of drug-likeness (QED) is 0.740. The maximum Gasteiger partial charge on any atom is 0.417 e. The molecule has 0 atom stereocenters. The Balaban J connectivity index is 3.27. The van der Waals surface area contributed by atoms with Crippen molar-refractivity contribution >= 4 is 17.5 Å². The van der Waals surface area contributed by atoms with Crippen molar-refractivity contribution in [3.8, 4) is 0 Å². The molecule has 0 radical (unpaired) electrons. The Morgan fingerprint density at radius 1 is 1.50 bits per heavy atom. The Hall–Kier alpha value is -1.30. The molecule has 0 fully saturated rings. The highest BCUT2D eigenvalue weighted by atomic mass is 35.5. The van der Waals surface area contributed by atoms with Gasteiger partial charge in [-0.1, -0.05) is 11.6 Å². The minimum atomic E-state index is -4.57. The number of hydrogen-bond acceptors (Lipinski definition) is 2. The Labute approximate surface area is 81.7 Å². The van der Waals surface area contributed by atoms with Crippen molar-refractivity contribution in [2.75, 3.05) is 0 Å². The first kappa shape index (κ1) is 10.8. The lowest BCUT2D eigenvalue weighted by atomic mass is 10.2. The van der Waals surface area contributed by atoms with Gasteiger partial charge in [0.2, 0.25) is 0 Å². The largest absolute Gasteiger partial charge is 0.417 e. The van der Waals surface area contributed by atoms with Crippen LogP contribution in [-0.4, -0.2) is 10.9 Å². The number of alkyl halides is 3. The number of rotatable bonds is 1. The van der Waals surface area contributed by atoms with Crippen molar-refractivity contribution in [1.82, 2.24) is 4.98 Å². The first-order chi connectivity index (χ1) is 6.32. The summed E-state index contributed by atoms with van der Waals surface area (Å²) >= 11 is 5.36. The van der Waals surface area contributed by atoms with Crippen LogP contribution in [0.4, 0.5) is 13.2 Å². The van der Waals surface area contributed by atoms with Crippen molar-refractivity contribution in [3.05, 3.63) is 28.5 Å². The van der Waals surface area contributed by atoms with Gasteiger partial charge >= 0.3 is 6.18 Å². The average Bonchev–Trinajstić information content (AvgIpc) is 2.02. The van der Waals surface area contributed by atoms with Crippen molar-refractivity contribution in [2.45, 2.75) is 6.18 Å². The number of carbonyl (C=O) groups is 1. The number of nitrogens with two attached hydrogens (primary N) is 1. The van der Waals surface area contributed by atoms with Crippen LogP contribution in [0, 0.1) is 0 Å². The molecule has 76 valence electrons. The van der Waals surface area contributed by atoms with Crippen molar-refractivity contribution in [2.24, 2.45) is 5.73 Å². The second-order valence-electron chi connectivity index (χ2n) is 2.42. The standard InChI is InChI=1S/C7H4ClF3N2O/c8-5-4(6(12)14)1-3(2-13-5)7(9,10)11/h1-2H,(H2,12,14). The fraction of sp³-hybridized carbons (Fsp3) is 0.143. The van der Waals surface area contributed by atoms with E-state index in [0.29, 0.717) is 12.3 Å². The summed E-state index contributed by atoms with van der Waals surface area (Å²) in [5.74, 6) is -1.05. The van der Waals surface area contributed by atoms with E-state index in [1.165, 1.54) is 0 Å². The van der Waals surface area contributed by atoms with E-state index in [-0.39, 0.29) is 5.15 Å². The second-order valence-corrected chi connectivity index (χ2v) is 2.78. The number of pyridine rings is 1. The van der Waals surface area contributed by atoms with Gasteiger partial charge in [-0.3, -0.25) is 4.79 Å². The van der Waals surface area contributed by atoms with E-state index in [4.69, 9.17) is 17.3 Å². The third-order valence-electron chi connectivity index (χ3n) is 1.43. The van der Waals surface area contributed by atoms with E-state index in [1.54, 1.807) is 0 Å². The van der Waals surface area contributed by atoms with Crippen LogP contribution in [0.1, 0.15) is 15.9 Å². The van der Waals surface area contributed by atoms with Crippen LogP contribution in [0.3, 0.4) is 0 Å². The van der Waals surface area contributed by atoms with E-state index in [2.05, 4.69) is 4.98 Å². The van der Waals surface area contributed by atoms with Gasteiger partial charge < -0.3 is 5.73 Å². The summed E-state index contributed by atoms with van der Waals surface area (Å²) in [6, 6.07) is 0.567. The summed E-state index contributed by atoms with van der Waals surface area (Å²) in [7, 11) is 0. The van der Waals surface area contributed by atoms with E-state index in [9.17, 15) is 18.0 Å². The van der Waals surface area contributed by atoms with Gasteiger partial charge in [-0.2, -0.15) is 13.2 Å². The zero-order chi connectivity index (χ0) is 10.9. The molecule has 0 aliphatic rings. The summed E-state index contributed by atoms with van der Waals surface area (Å²) in [4.78, 5) is 13.8. The topological polar surface area (TPSA) is 56.0 Å². The Bertz CT molecular complexity index is 378. The van der Waals surface area contributed by atoms with Crippen LogP contribution in [0.2, 0.25) is 5.15 Å². The van der Waals surface area contributed by atoms with Gasteiger partial charge in [0.05, 0.1) is 11.1 Å². The smallest absolute Gasteiger partial charge is 0.366 e. The minimum absolute atomic E-state index is 0.342. The lowest BCUT2D eigenvalue weighted by Gasteiger charge is -2.07. The molecule has 1 amide bonds. The van der Waals surface area contributed by atoms with Gasteiger partial charge in [0.1, 0.15) is 5.15 Å². The van der Waals surface area contributed by atoms with Gasteiger partial charge in [0.15, 0.2) is 0 Å². The molecule has 0 aromatic carbocycles. The van der Waals surface area contributed by atoms with Gasteiger partial charge in [-0.25, -0.2) is 4.98 Å². The number of hydrogen-bond donors (Lipinski definition) is 1. The molecule has 1 rings (SSSR count). The van der Waals surface area contributed by atoms with Crippen LogP contribution in [0.25, 0.3) is 0 Å². The number of primary amides is 1. The molecule has 0 aliphatic heterocycles. The Morgan fingerprint density at radius 2 is 2.07 bits per heavy atom. The molecular weight excluding hydrogens is 221 g/mol. The molecule has 7 heteroatoms. The maximum absolute atomic E-state index is 12.1. The van der Waals surface area contributed by atoms with Crippen LogP contribution in [-0.2, 0) is 6.18 Å². The number of halogens is 4. The highest BCUT2D eigenvalue weighted by molar-refractivity contribution is 6.32. The minimum Gasteiger partial charge on any atom is -0.366 e. The molecule has 0 saturated heterocycles. The zero-order valence-corrected chi connectivity index (χ0v) is 7.36. The molecule has 1 heterocycles. The van der Waals surface area contributed by atoms with Crippen LogP contribution < -0.4 is 5.73 Å². The van der Waals surface area contributed by atoms with Gasteiger partial charge in [-0.15, -0.1) is 0 Å². The molecule has 0 aliphatic carbocycles. The molecule has 1 aromatic heterocycles. The Morgan fingerprint density at radius 3 is 2.50 bits per heavy atom. The lowest BCUT2D eigenvalue weighted by molar-refractivity contribution is -0.137. The predicted molar refractivity (Wildman–Crippen MR) is 42.8 cm³/mol. The SMILES string of the molecule is NC(=O)c1cc(C(F)(F)F)cnc1Cl. The van der Waals surface area contributed by atoms with Crippen LogP contribution >= 0.6 is 11.6 Å². The molecule has 0 spiro atoms. The number of amides is 1. The third kappa shape index (κ3) is 2.14. The van der Waals surface area contributed by atoms with Crippen LogP contribution in [0.5, 0.6) is 0 Å². The van der Waals surface area contributed by atoms with Crippen molar-refractivity contribution in [1.29, 1.82) is 0 Å². The number of aromatic nitrogens is 1. The predicted octanol–water partition coefficient (Wildman–Crippen LogP) is 1.85. The second kappa shape index (κ2) is 3.45. The molecule has 0 unspecified atom stereocenters. The van der Waals surface area contributed by atoms with Gasteiger partial charge in [0, 0.05) is 6.20 Å². The van der Waals surface area contributed by atoms with Crippen molar-refractivity contribution in [3.63, 3.8) is 0 Å². The first-order valence-electron chi connectivity index (χ1n) is 3.35. The fourth-order valence-electron chi connectivity index (χ4n) is 0.776. The monoisotopic (exact) mass is 224 g/mol. The van der Waals surface area contributed by atoms with Crippen LogP contribution in [0.15, 0.2) is 12.3 Å². The average molecular weight is 225 g/mol. The molecular formula is C7H4ClF3N2O. The maximum atomic E-state index is 12.1. The molecule has 0 bridgehead atoms. The summed E-state index contributed by atoms with van der Waals surface area (Å²) in [6.07, 6.45) is -4.03. The highest BCUT2D eigenvalue weighted by Crippen LogP contribution is 2.30. The number of carbonyl (C=O) groups excluding carboxylic acids is 1. The van der Waals surface area contributed by atoms with Gasteiger partial charge in [-0.05, 0) is 6.07 Å². The summed E-state index contributed by atoms with van der Waals surface area (Å²) in [5, 5.41) is -0.342. The molecule has 2 N–H and O–H groups in total. The van der Waals surface area contributed by atoms with E-state index >= 15 is 0 Å². The normalized spacial score (nSPS) is 11.4. The fourth-order valence-corrected chi connectivity index (χ4v) is 0.972. The summed E-state index contributed by atoms with van der Waals surface area (Å²) in [5.41, 5.74) is 3.29. The van der Waals surface area contributed by atoms with E-state index in [1.807, 2.05) is 0 Å². The molecule has 1 aromatic rings. The summed E-state index contributed by atoms with van der Waals surface area (Å²) < 4.78 is 36.4. The highest BCUT2D eigenvalue weighted by Gasteiger charge is 2.32. The molecule has 3 nitrogen and oxygen atoms in total. The summed E-state index contributed by atoms with van der Waals surface area (Å²) in [6.45, 7) is 0. The van der Waals surface area contributed by atoms with E-state index < -0.39 is 23.2 Å². The zero-order valence-electron chi connectivity index (χ0n) is 6.60. The number of nitrogens with zero attached hydrogens (tertiary/aromatic N) is 1. The molecule has 0 saturated carbocycles. The third-order valence-corrected chi connectivity index (χ3v) is 1.73. The first-order valence-corrected chi connectivity index (χ1v) is 3.72. The molecule has 14 heavy (non-hydrogen) atoms. The van der Waals surface area contributed by atoms with E-state index in [0.717, 1.165) is 0 Å².